The number of nitrogens with one attached hydrogen (secondary N) is 1. The van der Waals surface area contributed by atoms with Crippen LogP contribution in [0.3, 0.4) is 0 Å². The average Bonchev–Trinajstić information content (AvgIpc) is 3.13. The number of likely N-dealkylation sites (tertiary alicyclic amines) is 1. The molecule has 1 saturated heterocycles. The van der Waals surface area contributed by atoms with Crippen molar-refractivity contribution in [2.45, 2.75) is 12.3 Å². The summed E-state index contributed by atoms with van der Waals surface area (Å²) < 4.78 is 5.47. The van der Waals surface area contributed by atoms with E-state index in [4.69, 9.17) is 9.84 Å². The van der Waals surface area contributed by atoms with Gasteiger partial charge in [-0.3, -0.25) is 9.59 Å². The van der Waals surface area contributed by atoms with Crippen molar-refractivity contribution >= 4 is 18.0 Å². The summed E-state index contributed by atoms with van der Waals surface area (Å²) in [4.78, 5) is 37.2. The van der Waals surface area contributed by atoms with Gasteiger partial charge in [0.15, 0.2) is 0 Å². The number of ether oxygens (including phenoxy) is 1. The lowest BCUT2D eigenvalue weighted by atomic mass is 9.98. The third-order valence-corrected chi connectivity index (χ3v) is 6.78. The van der Waals surface area contributed by atoms with Crippen molar-refractivity contribution in [2.24, 2.45) is 17.8 Å². The van der Waals surface area contributed by atoms with Gasteiger partial charge in [-0.05, 0) is 34.1 Å². The van der Waals surface area contributed by atoms with Gasteiger partial charge in [0, 0.05) is 32.0 Å². The van der Waals surface area contributed by atoms with Crippen LogP contribution in [0.5, 0.6) is 0 Å². The Kier molecular flexibility index (Phi) is 4.88. The number of aliphatic carboxylic acids is 1. The number of hydrogen-bond acceptors (Lipinski definition) is 4. The van der Waals surface area contributed by atoms with E-state index in [0.717, 1.165) is 11.1 Å². The molecule has 7 nitrogen and oxygen atoms in total. The Hall–Kier alpha value is -3.35. The summed E-state index contributed by atoms with van der Waals surface area (Å²) in [6, 6.07) is 16.3. The lowest BCUT2D eigenvalue weighted by molar-refractivity contribution is -0.141. The first-order valence-electron chi connectivity index (χ1n) is 10.6. The number of nitrogens with zero attached hydrogens (tertiary/aromatic N) is 1. The van der Waals surface area contributed by atoms with Crippen LogP contribution in [0.2, 0.25) is 0 Å². The van der Waals surface area contributed by atoms with Crippen LogP contribution in [0.15, 0.2) is 48.5 Å². The van der Waals surface area contributed by atoms with Gasteiger partial charge in [0.25, 0.3) is 0 Å². The molecule has 2 atom stereocenters. The monoisotopic (exact) mass is 420 g/mol. The maximum absolute atomic E-state index is 12.3. The largest absolute Gasteiger partial charge is 0.481 e. The molecule has 2 aromatic rings. The molecule has 1 heterocycles. The Labute approximate surface area is 180 Å². The summed E-state index contributed by atoms with van der Waals surface area (Å²) in [5.41, 5.74) is 4.65. The van der Waals surface area contributed by atoms with Gasteiger partial charge in [0.1, 0.15) is 6.61 Å². The fourth-order valence-electron chi connectivity index (χ4n) is 5.18. The Morgan fingerprint density at radius 2 is 1.55 bits per heavy atom. The SMILES string of the molecule is O=C(NCCC(=O)N1CC2C(C1)C2C(=O)O)OCC1c2ccccc2-c2ccccc21. The van der Waals surface area contributed by atoms with Gasteiger partial charge >= 0.3 is 12.1 Å². The van der Waals surface area contributed by atoms with Gasteiger partial charge < -0.3 is 20.1 Å². The van der Waals surface area contributed by atoms with Crippen LogP contribution < -0.4 is 5.32 Å². The summed E-state index contributed by atoms with van der Waals surface area (Å²) in [6.07, 6.45) is -0.355. The zero-order valence-electron chi connectivity index (χ0n) is 17.0. The molecule has 160 valence electrons. The highest BCUT2D eigenvalue weighted by molar-refractivity contribution is 5.80. The second-order valence-electron chi connectivity index (χ2n) is 8.49. The number of fused-ring (bicyclic) bond motifs is 4. The van der Waals surface area contributed by atoms with Crippen LogP contribution in [-0.2, 0) is 14.3 Å². The molecule has 2 aromatic carbocycles. The number of benzene rings is 2. The lowest BCUT2D eigenvalue weighted by Crippen LogP contribution is -2.35. The molecule has 2 N–H and O–H groups in total. The normalized spacial score (nSPS) is 23.0. The minimum absolute atomic E-state index is 0.00159. The number of carbonyl (C=O) groups excluding carboxylic acids is 2. The molecule has 0 bridgehead atoms. The zero-order chi connectivity index (χ0) is 21.5. The Balaban J connectivity index is 1.09. The minimum atomic E-state index is -0.765. The van der Waals surface area contributed by atoms with Gasteiger partial charge in [0.2, 0.25) is 5.91 Å². The maximum atomic E-state index is 12.3. The highest BCUT2D eigenvalue weighted by atomic mass is 16.5. The van der Waals surface area contributed by atoms with E-state index in [-0.39, 0.29) is 49.2 Å². The van der Waals surface area contributed by atoms with Crippen LogP contribution in [0.4, 0.5) is 4.79 Å². The smallest absolute Gasteiger partial charge is 0.407 e. The number of carboxylic acids is 1. The molecular formula is C24H24N2O5. The highest BCUT2D eigenvalue weighted by Gasteiger charge is 2.60. The quantitative estimate of drug-likeness (QED) is 0.749. The maximum Gasteiger partial charge on any atom is 0.407 e. The van der Waals surface area contributed by atoms with E-state index >= 15 is 0 Å². The van der Waals surface area contributed by atoms with Gasteiger partial charge in [-0.15, -0.1) is 0 Å². The van der Waals surface area contributed by atoms with Crippen molar-refractivity contribution in [1.82, 2.24) is 10.2 Å². The number of carbonyl (C=O) groups is 3. The summed E-state index contributed by atoms with van der Waals surface area (Å²) in [7, 11) is 0. The van der Waals surface area contributed by atoms with Crippen LogP contribution in [0, 0.1) is 17.8 Å². The van der Waals surface area contributed by atoms with E-state index in [1.54, 1.807) is 4.90 Å². The molecule has 2 amide bonds. The Bertz CT molecular complexity index is 994. The molecule has 0 radical (unpaired) electrons. The third kappa shape index (κ3) is 3.54. The predicted molar refractivity (Wildman–Crippen MR) is 112 cm³/mol. The van der Waals surface area contributed by atoms with Crippen LogP contribution >= 0.6 is 0 Å². The average molecular weight is 420 g/mol. The Morgan fingerprint density at radius 1 is 0.968 bits per heavy atom. The second-order valence-corrected chi connectivity index (χ2v) is 8.49. The molecule has 1 aliphatic heterocycles. The molecule has 31 heavy (non-hydrogen) atoms. The van der Waals surface area contributed by atoms with Crippen LogP contribution in [-0.4, -0.2) is 54.2 Å². The van der Waals surface area contributed by atoms with Gasteiger partial charge in [0.05, 0.1) is 5.92 Å². The zero-order valence-corrected chi connectivity index (χ0v) is 17.0. The number of piperidine rings is 1. The van der Waals surface area contributed by atoms with E-state index in [2.05, 4.69) is 29.6 Å². The third-order valence-electron chi connectivity index (χ3n) is 6.78. The number of hydrogen-bond donors (Lipinski definition) is 2. The minimum Gasteiger partial charge on any atom is -0.481 e. The molecule has 2 aliphatic carbocycles. The van der Waals surface area contributed by atoms with Gasteiger partial charge in [-0.1, -0.05) is 48.5 Å². The highest BCUT2D eigenvalue weighted by Crippen LogP contribution is 2.51. The van der Waals surface area contributed by atoms with Crippen molar-refractivity contribution < 1.29 is 24.2 Å². The summed E-state index contributed by atoms with van der Waals surface area (Å²) >= 11 is 0. The van der Waals surface area contributed by atoms with Crippen molar-refractivity contribution in [1.29, 1.82) is 0 Å². The van der Waals surface area contributed by atoms with Crippen molar-refractivity contribution in [3.8, 4) is 11.1 Å². The van der Waals surface area contributed by atoms with E-state index in [1.807, 2.05) is 24.3 Å². The number of rotatable bonds is 6. The molecule has 5 rings (SSSR count). The van der Waals surface area contributed by atoms with Crippen LogP contribution in [0.25, 0.3) is 11.1 Å². The molecular weight excluding hydrogens is 396 g/mol. The predicted octanol–water partition coefficient (Wildman–Crippen LogP) is 2.70. The topological polar surface area (TPSA) is 95.9 Å². The molecule has 2 fully saturated rings. The number of amides is 2. The van der Waals surface area contributed by atoms with Crippen LogP contribution in [0.1, 0.15) is 23.5 Å². The lowest BCUT2D eigenvalue weighted by Gasteiger charge is -2.19. The molecule has 7 heteroatoms. The van der Waals surface area contributed by atoms with E-state index < -0.39 is 12.1 Å². The molecule has 1 saturated carbocycles. The molecule has 3 aliphatic rings. The summed E-state index contributed by atoms with van der Waals surface area (Å²) in [6.45, 7) is 1.44. The van der Waals surface area contributed by atoms with Crippen molar-refractivity contribution in [2.75, 3.05) is 26.2 Å². The molecule has 0 spiro atoms. The fraction of sp³-hybridized carbons (Fsp3) is 0.375. The van der Waals surface area contributed by atoms with Crippen molar-refractivity contribution in [3.05, 3.63) is 59.7 Å². The second kappa shape index (κ2) is 7.72. The standard InChI is InChI=1S/C24H24N2O5/c27-21(26-11-18-19(12-26)22(18)23(28)29)9-10-25-24(30)31-13-20-16-7-3-1-5-14(16)15-6-2-4-8-17(15)20/h1-8,18-20,22H,9-13H2,(H,25,30)(H,28,29). The number of carboxylic acid groups (broad SMARTS) is 1. The summed E-state index contributed by atoms with van der Waals surface area (Å²) in [5.74, 6) is -0.927. The van der Waals surface area contributed by atoms with E-state index in [9.17, 15) is 14.4 Å². The fourth-order valence-corrected chi connectivity index (χ4v) is 5.18. The first-order chi connectivity index (χ1) is 15.0. The summed E-state index contributed by atoms with van der Waals surface area (Å²) in [5, 5.41) is 11.7. The first kappa shape index (κ1) is 19.6. The van der Waals surface area contributed by atoms with E-state index in [0.29, 0.717) is 13.1 Å². The van der Waals surface area contributed by atoms with Gasteiger partial charge in [-0.2, -0.15) is 0 Å². The molecule has 2 unspecified atom stereocenters. The Morgan fingerprint density at radius 3 is 2.13 bits per heavy atom. The van der Waals surface area contributed by atoms with Crippen molar-refractivity contribution in [3.63, 3.8) is 0 Å². The first-order valence-corrected chi connectivity index (χ1v) is 10.6. The molecule has 0 aromatic heterocycles. The van der Waals surface area contributed by atoms with E-state index in [1.165, 1.54) is 11.1 Å². The van der Waals surface area contributed by atoms with Gasteiger partial charge in [-0.25, -0.2) is 4.79 Å². The number of alkyl carbamates (subject to hydrolysis) is 1.